The Kier molecular flexibility index (Phi) is 4.48. The van der Waals surface area contributed by atoms with Crippen LogP contribution in [-0.2, 0) is 0 Å². The summed E-state index contributed by atoms with van der Waals surface area (Å²) in [6, 6.07) is 0. The molecule has 0 nitrogen and oxygen atoms in total. The third kappa shape index (κ3) is 3.20. The highest BCUT2D eigenvalue weighted by Crippen LogP contribution is 2.54. The molecule has 0 aliphatic heterocycles. The molecule has 0 unspecified atom stereocenters. The van der Waals surface area contributed by atoms with Crippen LogP contribution in [0, 0.1) is 0 Å². The van der Waals surface area contributed by atoms with Crippen LogP contribution in [-0.4, -0.2) is 25.2 Å². The molecule has 0 saturated carbocycles. The first-order chi connectivity index (χ1) is 4.18. The van der Waals surface area contributed by atoms with Gasteiger partial charge in [-0.05, 0) is 20.3 Å². The highest BCUT2D eigenvalue weighted by molar-refractivity contribution is 7.75. The third-order valence-corrected chi connectivity index (χ3v) is 6.87. The molecular formula is C8H20P+. The van der Waals surface area contributed by atoms with Gasteiger partial charge in [0.1, 0.15) is 0 Å². The first-order valence-electron chi connectivity index (χ1n) is 4.02. The van der Waals surface area contributed by atoms with Crippen LogP contribution in [0.3, 0.4) is 0 Å². The molecule has 0 aliphatic rings. The van der Waals surface area contributed by atoms with E-state index in [2.05, 4.69) is 27.4 Å². The molecule has 0 aromatic rings. The molecule has 56 valence electrons. The van der Waals surface area contributed by atoms with Gasteiger partial charge in [0.25, 0.3) is 0 Å². The molecule has 0 aliphatic carbocycles. The van der Waals surface area contributed by atoms with E-state index >= 15 is 0 Å². The highest BCUT2D eigenvalue weighted by Gasteiger charge is 2.24. The normalized spacial score (nSPS) is 12.0. The summed E-state index contributed by atoms with van der Waals surface area (Å²) >= 11 is 0. The Labute approximate surface area is 60.4 Å². The Bertz CT molecular complexity index is 65.0. The fourth-order valence-corrected chi connectivity index (χ4v) is 3.24. The lowest BCUT2D eigenvalue weighted by Gasteiger charge is -2.18. The van der Waals surface area contributed by atoms with Crippen LogP contribution in [0.15, 0.2) is 0 Å². The highest BCUT2D eigenvalue weighted by atomic mass is 31.2. The van der Waals surface area contributed by atoms with Crippen molar-refractivity contribution in [3.63, 3.8) is 0 Å². The van der Waals surface area contributed by atoms with Crippen molar-refractivity contribution in [2.45, 2.75) is 27.2 Å². The Hall–Kier alpha value is 0.430. The molecule has 9 heavy (non-hydrogen) atoms. The van der Waals surface area contributed by atoms with Gasteiger partial charge in [0.15, 0.2) is 0 Å². The molecule has 0 heterocycles. The first kappa shape index (κ1) is 9.43. The van der Waals surface area contributed by atoms with Gasteiger partial charge in [0.05, 0.1) is 18.5 Å². The average Bonchev–Trinajstić information content (AvgIpc) is 1.89. The van der Waals surface area contributed by atoms with Gasteiger partial charge in [-0.3, -0.25) is 0 Å². The second kappa shape index (κ2) is 4.28. The van der Waals surface area contributed by atoms with Crippen molar-refractivity contribution < 1.29 is 0 Å². The van der Waals surface area contributed by atoms with Crippen LogP contribution >= 0.6 is 7.26 Å². The van der Waals surface area contributed by atoms with Crippen LogP contribution in [0.5, 0.6) is 0 Å². The van der Waals surface area contributed by atoms with Crippen molar-refractivity contribution in [1.29, 1.82) is 0 Å². The van der Waals surface area contributed by atoms with Gasteiger partial charge in [-0.1, -0.05) is 6.92 Å². The van der Waals surface area contributed by atoms with E-state index in [-0.39, 0.29) is 0 Å². The molecule has 0 atom stereocenters. The van der Waals surface area contributed by atoms with Gasteiger partial charge in [0.2, 0.25) is 0 Å². The fraction of sp³-hybridized carbons (Fsp3) is 1.00. The van der Waals surface area contributed by atoms with E-state index in [4.69, 9.17) is 0 Å². The maximum Gasteiger partial charge on any atom is 0.0588 e. The average molecular weight is 147 g/mol. The predicted molar refractivity (Wildman–Crippen MR) is 49.1 cm³/mol. The lowest BCUT2D eigenvalue weighted by atomic mass is 10.6. The molecule has 0 spiro atoms. The molecule has 0 bridgehead atoms. The van der Waals surface area contributed by atoms with Gasteiger partial charge >= 0.3 is 0 Å². The molecule has 1 heteroatoms. The van der Waals surface area contributed by atoms with Crippen LogP contribution < -0.4 is 0 Å². The van der Waals surface area contributed by atoms with E-state index < -0.39 is 7.26 Å². The predicted octanol–water partition coefficient (Wildman–Crippen LogP) is 3.08. The molecular weight excluding hydrogens is 127 g/mol. The largest absolute Gasteiger partial charge is 0.0619 e. The van der Waals surface area contributed by atoms with Crippen LogP contribution in [0.4, 0.5) is 0 Å². The zero-order chi connectivity index (χ0) is 7.33. The third-order valence-electron chi connectivity index (χ3n) is 2.29. The monoisotopic (exact) mass is 147 g/mol. The number of rotatable bonds is 4. The van der Waals surface area contributed by atoms with Crippen LogP contribution in [0.1, 0.15) is 27.2 Å². The van der Waals surface area contributed by atoms with Gasteiger partial charge in [0, 0.05) is 13.9 Å². The summed E-state index contributed by atoms with van der Waals surface area (Å²) in [5.41, 5.74) is 0. The van der Waals surface area contributed by atoms with E-state index in [1.165, 1.54) is 24.9 Å². The smallest absolute Gasteiger partial charge is 0.0588 e. The molecule has 0 fully saturated rings. The van der Waals surface area contributed by atoms with Crippen LogP contribution in [0.25, 0.3) is 0 Å². The lowest BCUT2D eigenvalue weighted by Crippen LogP contribution is -2.01. The quantitative estimate of drug-likeness (QED) is 0.536. The zero-order valence-electron chi connectivity index (χ0n) is 7.28. The summed E-state index contributed by atoms with van der Waals surface area (Å²) in [4.78, 5) is 0. The van der Waals surface area contributed by atoms with Crippen molar-refractivity contribution in [2.75, 3.05) is 25.2 Å². The van der Waals surface area contributed by atoms with Crippen molar-refractivity contribution in [3.8, 4) is 0 Å². The zero-order valence-corrected chi connectivity index (χ0v) is 8.17. The standard InChI is InChI=1S/C8H20P/c1-5-8-9(4,6-2)7-3/h5-8H2,1-4H3/q+1. The minimum atomic E-state index is -0.431. The molecule has 0 N–H and O–H groups in total. The summed E-state index contributed by atoms with van der Waals surface area (Å²) in [5.74, 6) is 0. The Morgan fingerprint density at radius 3 is 1.56 bits per heavy atom. The Balaban J connectivity index is 3.62. The Morgan fingerprint density at radius 2 is 1.44 bits per heavy atom. The molecule has 0 aromatic carbocycles. The van der Waals surface area contributed by atoms with E-state index in [1.807, 2.05) is 0 Å². The second-order valence-electron chi connectivity index (χ2n) is 2.98. The maximum absolute atomic E-state index is 2.50. The fourth-order valence-electron chi connectivity index (χ4n) is 1.08. The molecule has 0 radical (unpaired) electrons. The van der Waals surface area contributed by atoms with Crippen LogP contribution in [0.2, 0.25) is 0 Å². The van der Waals surface area contributed by atoms with E-state index in [0.29, 0.717) is 0 Å². The summed E-state index contributed by atoms with van der Waals surface area (Å²) in [6.07, 6.45) is 5.76. The number of hydrogen-bond donors (Lipinski definition) is 0. The van der Waals surface area contributed by atoms with E-state index in [1.54, 1.807) is 0 Å². The van der Waals surface area contributed by atoms with Gasteiger partial charge < -0.3 is 0 Å². The second-order valence-corrected chi connectivity index (χ2v) is 7.93. The molecule has 0 rings (SSSR count). The molecule has 0 saturated heterocycles. The van der Waals surface area contributed by atoms with Crippen molar-refractivity contribution in [3.05, 3.63) is 0 Å². The number of hydrogen-bond acceptors (Lipinski definition) is 0. The van der Waals surface area contributed by atoms with Gasteiger partial charge in [-0.25, -0.2) is 0 Å². The van der Waals surface area contributed by atoms with Crippen molar-refractivity contribution in [1.82, 2.24) is 0 Å². The first-order valence-corrected chi connectivity index (χ1v) is 6.81. The SMILES string of the molecule is CCC[P+](C)(CC)CC. The Morgan fingerprint density at radius 1 is 1.00 bits per heavy atom. The van der Waals surface area contributed by atoms with Gasteiger partial charge in [-0.15, -0.1) is 0 Å². The van der Waals surface area contributed by atoms with E-state index in [0.717, 1.165) is 0 Å². The van der Waals surface area contributed by atoms with Crippen molar-refractivity contribution >= 4 is 7.26 Å². The summed E-state index contributed by atoms with van der Waals surface area (Å²) in [5, 5.41) is 0. The maximum atomic E-state index is 2.50. The minimum Gasteiger partial charge on any atom is -0.0619 e. The van der Waals surface area contributed by atoms with Gasteiger partial charge in [-0.2, -0.15) is 0 Å². The topological polar surface area (TPSA) is 0 Å². The summed E-state index contributed by atoms with van der Waals surface area (Å²) < 4.78 is 0. The molecule has 0 amide bonds. The molecule has 0 aromatic heterocycles. The lowest BCUT2D eigenvalue weighted by molar-refractivity contribution is 1.07. The minimum absolute atomic E-state index is 0.431. The van der Waals surface area contributed by atoms with E-state index in [9.17, 15) is 0 Å². The summed E-state index contributed by atoms with van der Waals surface area (Å²) in [6.45, 7) is 9.47. The van der Waals surface area contributed by atoms with Crippen molar-refractivity contribution in [2.24, 2.45) is 0 Å². The summed E-state index contributed by atoms with van der Waals surface area (Å²) in [7, 11) is -0.431.